The van der Waals surface area contributed by atoms with Gasteiger partial charge in [-0.15, -0.1) is 0 Å². The predicted octanol–water partition coefficient (Wildman–Crippen LogP) is 2.19. The lowest BCUT2D eigenvalue weighted by molar-refractivity contribution is -0.123. The highest BCUT2D eigenvalue weighted by Crippen LogP contribution is 2.17. The maximum Gasteiger partial charge on any atom is 0.220 e. The predicted molar refractivity (Wildman–Crippen MR) is 86.4 cm³/mol. The van der Waals surface area contributed by atoms with Gasteiger partial charge in [0.15, 0.2) is 0 Å². The van der Waals surface area contributed by atoms with Crippen molar-refractivity contribution in [3.63, 3.8) is 0 Å². The molecule has 0 aromatic heterocycles. The third-order valence-electron chi connectivity index (χ3n) is 4.70. The molecule has 1 amide bonds. The Kier molecular flexibility index (Phi) is 5.46. The Balaban J connectivity index is 1.37. The van der Waals surface area contributed by atoms with Crippen LogP contribution >= 0.6 is 0 Å². The number of likely N-dealkylation sites (tertiary alicyclic amines) is 1. The van der Waals surface area contributed by atoms with Crippen LogP contribution in [0.2, 0.25) is 0 Å². The number of benzene rings is 1. The fourth-order valence-corrected chi connectivity index (χ4v) is 3.37. The van der Waals surface area contributed by atoms with Crippen LogP contribution in [0.4, 0.5) is 0 Å². The standard InChI is InChI=1S/C18H26N2O2/c21-18(12-16-8-11-22-14-16)19-17-6-9-20(10-7-17)13-15-4-2-1-3-5-15/h1-5,16-17H,6-14H2,(H,19,21). The van der Waals surface area contributed by atoms with Crippen molar-refractivity contribution in [2.75, 3.05) is 26.3 Å². The van der Waals surface area contributed by atoms with Gasteiger partial charge in [0.05, 0.1) is 0 Å². The molecule has 1 N–H and O–H groups in total. The molecule has 2 fully saturated rings. The van der Waals surface area contributed by atoms with Gasteiger partial charge in [0.2, 0.25) is 5.91 Å². The molecule has 0 bridgehead atoms. The van der Waals surface area contributed by atoms with Gasteiger partial charge >= 0.3 is 0 Å². The van der Waals surface area contributed by atoms with Crippen molar-refractivity contribution in [3.8, 4) is 0 Å². The summed E-state index contributed by atoms with van der Waals surface area (Å²) in [5.41, 5.74) is 1.37. The third kappa shape index (κ3) is 4.55. The van der Waals surface area contributed by atoms with Gasteiger partial charge in [-0.3, -0.25) is 9.69 Å². The smallest absolute Gasteiger partial charge is 0.220 e. The zero-order valence-electron chi connectivity index (χ0n) is 13.2. The van der Waals surface area contributed by atoms with Crippen molar-refractivity contribution in [2.24, 2.45) is 5.92 Å². The van der Waals surface area contributed by atoms with E-state index in [9.17, 15) is 4.79 Å². The first kappa shape index (κ1) is 15.5. The van der Waals surface area contributed by atoms with E-state index < -0.39 is 0 Å². The van der Waals surface area contributed by atoms with Crippen molar-refractivity contribution in [3.05, 3.63) is 35.9 Å². The fourth-order valence-electron chi connectivity index (χ4n) is 3.37. The number of nitrogens with zero attached hydrogens (tertiary/aromatic N) is 1. The number of hydrogen-bond acceptors (Lipinski definition) is 3. The number of hydrogen-bond donors (Lipinski definition) is 1. The molecule has 1 aromatic carbocycles. The van der Waals surface area contributed by atoms with Crippen molar-refractivity contribution in [1.29, 1.82) is 0 Å². The van der Waals surface area contributed by atoms with Crippen molar-refractivity contribution in [2.45, 2.75) is 38.3 Å². The Bertz CT molecular complexity index is 463. The lowest BCUT2D eigenvalue weighted by atomic mass is 10.0. The molecule has 0 spiro atoms. The van der Waals surface area contributed by atoms with E-state index in [-0.39, 0.29) is 5.91 Å². The summed E-state index contributed by atoms with van der Waals surface area (Å²) >= 11 is 0. The minimum absolute atomic E-state index is 0.206. The minimum Gasteiger partial charge on any atom is -0.381 e. The van der Waals surface area contributed by atoms with E-state index in [0.717, 1.165) is 52.1 Å². The lowest BCUT2D eigenvalue weighted by Crippen LogP contribution is -2.44. The quantitative estimate of drug-likeness (QED) is 0.906. The second kappa shape index (κ2) is 7.75. The van der Waals surface area contributed by atoms with Crippen LogP contribution in [0.15, 0.2) is 30.3 Å². The Morgan fingerprint density at radius 2 is 1.95 bits per heavy atom. The normalized spacial score (nSPS) is 23.5. The molecular weight excluding hydrogens is 276 g/mol. The van der Waals surface area contributed by atoms with E-state index >= 15 is 0 Å². The average molecular weight is 302 g/mol. The summed E-state index contributed by atoms with van der Waals surface area (Å²) in [6.07, 6.45) is 3.77. The lowest BCUT2D eigenvalue weighted by Gasteiger charge is -2.32. The first-order valence-electron chi connectivity index (χ1n) is 8.43. The summed E-state index contributed by atoms with van der Waals surface area (Å²) in [5.74, 6) is 0.634. The molecular formula is C18H26N2O2. The Hall–Kier alpha value is -1.39. The van der Waals surface area contributed by atoms with Gasteiger partial charge in [-0.1, -0.05) is 30.3 Å². The van der Waals surface area contributed by atoms with E-state index in [1.807, 2.05) is 0 Å². The summed E-state index contributed by atoms with van der Waals surface area (Å²) in [6, 6.07) is 10.9. The maximum absolute atomic E-state index is 12.1. The van der Waals surface area contributed by atoms with Crippen LogP contribution in [-0.4, -0.2) is 43.2 Å². The monoisotopic (exact) mass is 302 g/mol. The van der Waals surface area contributed by atoms with Gasteiger partial charge < -0.3 is 10.1 Å². The van der Waals surface area contributed by atoms with Gasteiger partial charge in [-0.05, 0) is 30.7 Å². The van der Waals surface area contributed by atoms with E-state index in [4.69, 9.17) is 4.74 Å². The molecule has 0 saturated carbocycles. The van der Waals surface area contributed by atoms with Gasteiger partial charge in [0, 0.05) is 45.3 Å². The van der Waals surface area contributed by atoms with E-state index in [1.54, 1.807) is 0 Å². The number of piperidine rings is 1. The highest BCUT2D eigenvalue weighted by molar-refractivity contribution is 5.76. The van der Waals surface area contributed by atoms with Crippen LogP contribution in [0.5, 0.6) is 0 Å². The van der Waals surface area contributed by atoms with Gasteiger partial charge in [0.25, 0.3) is 0 Å². The molecule has 0 radical (unpaired) electrons. The van der Waals surface area contributed by atoms with Crippen molar-refractivity contribution >= 4 is 5.91 Å². The van der Waals surface area contributed by atoms with Crippen LogP contribution < -0.4 is 5.32 Å². The molecule has 4 nitrogen and oxygen atoms in total. The van der Waals surface area contributed by atoms with Crippen LogP contribution in [0.25, 0.3) is 0 Å². The molecule has 3 rings (SSSR count). The number of amides is 1. The van der Waals surface area contributed by atoms with Crippen LogP contribution in [-0.2, 0) is 16.1 Å². The molecule has 1 aromatic rings. The summed E-state index contributed by atoms with van der Waals surface area (Å²) in [4.78, 5) is 14.5. The highest BCUT2D eigenvalue weighted by Gasteiger charge is 2.23. The molecule has 2 heterocycles. The number of nitrogens with one attached hydrogen (secondary N) is 1. The number of rotatable bonds is 5. The van der Waals surface area contributed by atoms with Crippen molar-refractivity contribution < 1.29 is 9.53 Å². The number of carbonyl (C=O) groups excluding carboxylic acids is 1. The first-order valence-corrected chi connectivity index (χ1v) is 8.43. The molecule has 1 atom stereocenters. The van der Waals surface area contributed by atoms with Crippen LogP contribution in [0, 0.1) is 5.92 Å². The Morgan fingerprint density at radius 1 is 1.18 bits per heavy atom. The average Bonchev–Trinajstić information content (AvgIpc) is 3.03. The molecule has 1 unspecified atom stereocenters. The maximum atomic E-state index is 12.1. The molecule has 120 valence electrons. The molecule has 22 heavy (non-hydrogen) atoms. The Labute approximate surface area is 132 Å². The van der Waals surface area contributed by atoms with E-state index in [2.05, 4.69) is 40.5 Å². The molecule has 2 aliphatic heterocycles. The Morgan fingerprint density at radius 3 is 2.64 bits per heavy atom. The zero-order valence-corrected chi connectivity index (χ0v) is 13.2. The topological polar surface area (TPSA) is 41.6 Å². The van der Waals surface area contributed by atoms with E-state index in [0.29, 0.717) is 18.4 Å². The minimum atomic E-state index is 0.206. The van der Waals surface area contributed by atoms with Gasteiger partial charge in [-0.25, -0.2) is 0 Å². The summed E-state index contributed by atoms with van der Waals surface area (Å²) in [5, 5.41) is 3.21. The second-order valence-corrected chi connectivity index (χ2v) is 6.54. The highest BCUT2D eigenvalue weighted by atomic mass is 16.5. The fraction of sp³-hybridized carbons (Fsp3) is 0.611. The van der Waals surface area contributed by atoms with E-state index in [1.165, 1.54) is 5.56 Å². The van der Waals surface area contributed by atoms with Gasteiger partial charge in [0.1, 0.15) is 0 Å². The molecule has 0 aliphatic carbocycles. The van der Waals surface area contributed by atoms with Crippen LogP contribution in [0.3, 0.4) is 0 Å². The summed E-state index contributed by atoms with van der Waals surface area (Å²) in [7, 11) is 0. The summed E-state index contributed by atoms with van der Waals surface area (Å²) < 4.78 is 5.33. The second-order valence-electron chi connectivity index (χ2n) is 6.54. The number of carbonyl (C=O) groups is 1. The van der Waals surface area contributed by atoms with Gasteiger partial charge in [-0.2, -0.15) is 0 Å². The first-order chi connectivity index (χ1) is 10.8. The van der Waals surface area contributed by atoms with Crippen LogP contribution in [0.1, 0.15) is 31.2 Å². The zero-order chi connectivity index (χ0) is 15.2. The SMILES string of the molecule is O=C(CC1CCOC1)NC1CCN(Cc2ccccc2)CC1. The molecule has 2 aliphatic rings. The molecule has 4 heteroatoms. The van der Waals surface area contributed by atoms with Crippen molar-refractivity contribution in [1.82, 2.24) is 10.2 Å². The third-order valence-corrected chi connectivity index (χ3v) is 4.70. The summed E-state index contributed by atoms with van der Waals surface area (Å²) in [6.45, 7) is 4.71. The largest absolute Gasteiger partial charge is 0.381 e. The molecule has 2 saturated heterocycles. The number of ether oxygens (including phenoxy) is 1.